The summed E-state index contributed by atoms with van der Waals surface area (Å²) in [5.41, 5.74) is 3.63. The Hall–Kier alpha value is -4.53. The molecule has 236 valence electrons. The molecular weight excluding hydrogens is 588 g/mol. The Morgan fingerprint density at radius 1 is 1.04 bits per heavy atom. The molecule has 0 bridgehead atoms. The van der Waals surface area contributed by atoms with Gasteiger partial charge in [-0.05, 0) is 19.1 Å². The summed E-state index contributed by atoms with van der Waals surface area (Å²) in [6.07, 6.45) is -5.54. The normalized spacial score (nSPS) is 27.2. The lowest BCUT2D eigenvalue weighted by Crippen LogP contribution is -2.52. The number of aliphatic hydroxyl groups excluding tert-OH is 1. The number of amides is 1. The third-order valence-electron chi connectivity index (χ3n) is 8.48. The Bertz CT molecular complexity index is 1700. The number of ketones is 2. The number of fused-ring (bicyclic) bond motifs is 3. The largest absolute Gasteiger partial charge is 0.508 e. The molecule has 13 heteroatoms. The first-order chi connectivity index (χ1) is 21.4. The molecule has 1 aliphatic heterocycles. The lowest BCUT2D eigenvalue weighted by atomic mass is 9.73. The lowest BCUT2D eigenvalue weighted by molar-refractivity contribution is -0.248. The second kappa shape index (κ2) is 11.4. The quantitative estimate of drug-likeness (QED) is 0.160. The van der Waals surface area contributed by atoms with E-state index in [9.17, 15) is 39.9 Å². The van der Waals surface area contributed by atoms with Crippen LogP contribution >= 0.6 is 0 Å². The summed E-state index contributed by atoms with van der Waals surface area (Å²) in [6.45, 7) is 0.996. The van der Waals surface area contributed by atoms with Crippen molar-refractivity contribution in [2.24, 2.45) is 5.73 Å². The van der Waals surface area contributed by atoms with Crippen molar-refractivity contribution in [2.75, 3.05) is 11.9 Å². The second-order valence-corrected chi connectivity index (χ2v) is 11.7. The van der Waals surface area contributed by atoms with Gasteiger partial charge in [0.05, 0.1) is 29.4 Å². The van der Waals surface area contributed by atoms with Crippen LogP contribution in [0, 0.1) is 0 Å². The Morgan fingerprint density at radius 2 is 1.71 bits per heavy atom. The highest BCUT2D eigenvalue weighted by Crippen LogP contribution is 2.52. The summed E-state index contributed by atoms with van der Waals surface area (Å²) in [7, 11) is 0. The minimum Gasteiger partial charge on any atom is -0.508 e. The van der Waals surface area contributed by atoms with E-state index in [2.05, 4.69) is 5.32 Å². The van der Waals surface area contributed by atoms with Crippen LogP contribution in [0.25, 0.3) is 0 Å². The van der Waals surface area contributed by atoms with Gasteiger partial charge in [-0.15, -0.1) is 0 Å². The topological polar surface area (TPSA) is 218 Å². The first-order valence-electron chi connectivity index (χ1n) is 14.4. The van der Waals surface area contributed by atoms with E-state index in [1.54, 1.807) is 19.1 Å². The fourth-order valence-electron chi connectivity index (χ4n) is 6.28. The average Bonchev–Trinajstić information content (AvgIpc) is 2.99. The summed E-state index contributed by atoms with van der Waals surface area (Å²) in [5.74, 6) is -2.65. The van der Waals surface area contributed by atoms with Gasteiger partial charge < -0.3 is 45.5 Å². The Kier molecular flexibility index (Phi) is 7.75. The Balaban J connectivity index is 1.37. The molecule has 1 heterocycles. The van der Waals surface area contributed by atoms with Crippen LogP contribution in [0.1, 0.15) is 68.8 Å². The van der Waals surface area contributed by atoms with Crippen molar-refractivity contribution in [3.8, 4) is 17.2 Å². The Morgan fingerprint density at radius 3 is 2.36 bits per heavy atom. The van der Waals surface area contributed by atoms with Crippen LogP contribution in [0.15, 0.2) is 48.5 Å². The number of nitrogens with one attached hydrogen (secondary N) is 1. The standard InChI is InChI=1S/C32H32N2O11/c1-14-26(36)20(33)10-22(44-14)45-21-12-32(42,13-43-31(41)34-15-5-4-6-16(35)9-15)11-19-23(21)30(40)25-24(29(19)39)27(37)17-7-2-3-8-18(17)28(25)38/h2-9,14,20-22,26,35-36,39-40,42H,10-13,33H2,1H3,(H,34,41)/t14-,20+,21+,22+,26+,32?/m1/s1. The molecule has 2 aliphatic carbocycles. The number of aromatic hydroxyl groups is 3. The van der Waals surface area contributed by atoms with E-state index in [-0.39, 0.29) is 52.1 Å². The number of ether oxygens (including phenoxy) is 3. The van der Waals surface area contributed by atoms with Gasteiger partial charge in [0.2, 0.25) is 0 Å². The van der Waals surface area contributed by atoms with Crippen LogP contribution in [-0.2, 0) is 20.6 Å². The molecule has 3 aromatic carbocycles. The van der Waals surface area contributed by atoms with E-state index in [1.165, 1.54) is 36.4 Å². The maximum Gasteiger partial charge on any atom is 0.411 e. The van der Waals surface area contributed by atoms with Crippen LogP contribution in [0.3, 0.4) is 0 Å². The lowest BCUT2D eigenvalue weighted by Gasteiger charge is -2.42. The summed E-state index contributed by atoms with van der Waals surface area (Å²) >= 11 is 0. The molecule has 0 aromatic heterocycles. The number of benzene rings is 3. The molecule has 0 radical (unpaired) electrons. The van der Waals surface area contributed by atoms with Crippen LogP contribution in [0.4, 0.5) is 10.5 Å². The third kappa shape index (κ3) is 5.49. The summed E-state index contributed by atoms with van der Waals surface area (Å²) in [6, 6.07) is 11.1. The molecule has 0 spiro atoms. The molecule has 1 amide bonds. The molecule has 6 rings (SSSR count). The number of hydrogen-bond donors (Lipinski definition) is 7. The van der Waals surface area contributed by atoms with E-state index in [1.807, 2.05) is 0 Å². The summed E-state index contributed by atoms with van der Waals surface area (Å²) in [4.78, 5) is 39.6. The van der Waals surface area contributed by atoms with Gasteiger partial charge in [0.1, 0.15) is 29.5 Å². The van der Waals surface area contributed by atoms with Crippen LogP contribution in [0.5, 0.6) is 17.2 Å². The molecule has 1 unspecified atom stereocenters. The second-order valence-electron chi connectivity index (χ2n) is 11.7. The number of phenolic OH excluding ortho intramolecular Hbond substituents is 3. The van der Waals surface area contributed by atoms with E-state index < -0.39 is 84.0 Å². The van der Waals surface area contributed by atoms with Crippen molar-refractivity contribution in [2.45, 2.75) is 62.4 Å². The van der Waals surface area contributed by atoms with Gasteiger partial charge in [-0.1, -0.05) is 30.3 Å². The predicted octanol–water partition coefficient (Wildman–Crippen LogP) is 2.39. The molecule has 13 nitrogen and oxygen atoms in total. The number of anilines is 1. The van der Waals surface area contributed by atoms with E-state index in [4.69, 9.17) is 19.9 Å². The molecule has 3 aromatic rings. The fourth-order valence-corrected chi connectivity index (χ4v) is 6.28. The molecule has 1 saturated heterocycles. The first kappa shape index (κ1) is 30.5. The maximum atomic E-state index is 13.5. The highest BCUT2D eigenvalue weighted by molar-refractivity contribution is 6.30. The van der Waals surface area contributed by atoms with E-state index >= 15 is 0 Å². The summed E-state index contributed by atoms with van der Waals surface area (Å²) in [5, 5.41) is 57.2. The monoisotopic (exact) mass is 620 g/mol. The molecular formula is C32H32N2O11. The number of phenols is 3. The maximum absolute atomic E-state index is 13.5. The van der Waals surface area contributed by atoms with Gasteiger partial charge >= 0.3 is 6.09 Å². The molecule has 0 saturated carbocycles. The zero-order valence-corrected chi connectivity index (χ0v) is 24.1. The van der Waals surface area contributed by atoms with Crippen molar-refractivity contribution in [1.82, 2.24) is 0 Å². The van der Waals surface area contributed by atoms with Gasteiger partial charge in [0.25, 0.3) is 0 Å². The van der Waals surface area contributed by atoms with Crippen molar-refractivity contribution in [3.63, 3.8) is 0 Å². The highest BCUT2D eigenvalue weighted by atomic mass is 16.7. The minimum atomic E-state index is -1.90. The average molecular weight is 621 g/mol. The first-order valence-corrected chi connectivity index (χ1v) is 14.4. The van der Waals surface area contributed by atoms with E-state index in [0.717, 1.165) is 0 Å². The molecule has 8 N–H and O–H groups in total. The van der Waals surface area contributed by atoms with E-state index in [0.29, 0.717) is 0 Å². The van der Waals surface area contributed by atoms with Crippen molar-refractivity contribution in [3.05, 3.63) is 81.9 Å². The molecule has 1 fully saturated rings. The van der Waals surface area contributed by atoms with Gasteiger partial charge in [-0.2, -0.15) is 0 Å². The van der Waals surface area contributed by atoms with Gasteiger partial charge in [-0.3, -0.25) is 14.9 Å². The number of hydrogen-bond acceptors (Lipinski definition) is 12. The number of carbonyl (C=O) groups is 3. The smallest absolute Gasteiger partial charge is 0.411 e. The van der Waals surface area contributed by atoms with Gasteiger partial charge in [0, 0.05) is 59.3 Å². The Labute approximate surface area is 256 Å². The predicted molar refractivity (Wildman–Crippen MR) is 156 cm³/mol. The number of rotatable bonds is 5. The van der Waals surface area contributed by atoms with Gasteiger partial charge in [0.15, 0.2) is 17.9 Å². The molecule has 6 atom stereocenters. The highest BCUT2D eigenvalue weighted by Gasteiger charge is 2.48. The minimum absolute atomic E-state index is 0.0309. The number of aliphatic hydroxyl groups is 2. The molecule has 45 heavy (non-hydrogen) atoms. The molecule has 3 aliphatic rings. The number of nitrogens with two attached hydrogens (primary N) is 1. The summed E-state index contributed by atoms with van der Waals surface area (Å²) < 4.78 is 17.3. The van der Waals surface area contributed by atoms with Crippen molar-refractivity contribution < 1.29 is 54.1 Å². The fraction of sp³-hybridized carbons (Fsp3) is 0.344. The third-order valence-corrected chi connectivity index (χ3v) is 8.48. The van der Waals surface area contributed by atoms with Crippen molar-refractivity contribution in [1.29, 1.82) is 0 Å². The van der Waals surface area contributed by atoms with Crippen molar-refractivity contribution >= 4 is 23.3 Å². The van der Waals surface area contributed by atoms with Crippen LogP contribution in [0.2, 0.25) is 0 Å². The zero-order chi connectivity index (χ0) is 32.2. The number of carbonyl (C=O) groups excluding carboxylic acids is 3. The van der Waals surface area contributed by atoms with Gasteiger partial charge in [-0.25, -0.2) is 4.79 Å². The van der Waals surface area contributed by atoms with Crippen LogP contribution in [-0.4, -0.2) is 79.9 Å². The SMILES string of the molecule is C[C@H]1O[C@@H](O[C@H]2CC(O)(COC(=O)Nc3cccc(O)c3)Cc3c(O)c4c(c(O)c32)C(=O)c2ccccc2C4=O)C[C@H](N)[C@H]1O. The zero-order valence-electron chi connectivity index (χ0n) is 24.1. The van der Waals surface area contributed by atoms with Crippen LogP contribution < -0.4 is 11.1 Å².